The van der Waals surface area contributed by atoms with E-state index in [0.29, 0.717) is 34.8 Å². The number of aliphatic hydroxyl groups excluding tert-OH is 2. The maximum absolute atomic E-state index is 14.3. The number of ether oxygens (including phenoxy) is 1. The van der Waals surface area contributed by atoms with E-state index in [2.05, 4.69) is 31.4 Å². The summed E-state index contributed by atoms with van der Waals surface area (Å²) in [5, 5.41) is 31.5. The van der Waals surface area contributed by atoms with Crippen LogP contribution in [0.15, 0.2) is 78.9 Å². The van der Waals surface area contributed by atoms with Crippen molar-refractivity contribution in [3.63, 3.8) is 0 Å². The number of rotatable bonds is 11. The first-order valence-electron chi connectivity index (χ1n) is 19.1. The van der Waals surface area contributed by atoms with Crippen LogP contribution in [-0.4, -0.2) is 79.2 Å². The molecule has 0 aromatic heterocycles. The minimum Gasteiger partial charge on any atom is -0.496 e. The number of hydroxylamine groups is 2. The van der Waals surface area contributed by atoms with E-state index in [1.165, 1.54) is 6.42 Å². The Hall–Kier alpha value is -4.48. The number of hydrogen-bond donors (Lipinski definition) is 4. The van der Waals surface area contributed by atoms with Gasteiger partial charge < -0.3 is 30.5 Å². The number of methoxy groups -OCH3 is 1. The van der Waals surface area contributed by atoms with Gasteiger partial charge in [0.15, 0.2) is 0 Å². The minimum atomic E-state index is -0.903. The number of nitrogens with zero attached hydrogens (tertiary/aromatic N) is 2. The number of para-hydroxylation sites is 1. The number of carbonyl (C=O) groups excluding carboxylic acids is 2. The summed E-state index contributed by atoms with van der Waals surface area (Å²) in [4.78, 5) is 36.3. The third kappa shape index (κ3) is 6.96. The van der Waals surface area contributed by atoms with E-state index in [-0.39, 0.29) is 36.4 Å². The van der Waals surface area contributed by atoms with E-state index in [1.54, 1.807) is 19.1 Å². The largest absolute Gasteiger partial charge is 0.496 e. The Labute approximate surface area is 318 Å². The number of hydrogen-bond acceptors (Lipinski definition) is 8. The molecule has 0 spiro atoms. The van der Waals surface area contributed by atoms with Crippen LogP contribution in [0.3, 0.4) is 0 Å². The molecule has 8 rings (SSSR count). The standard InChI is InChI=1S/C44H54N4O6/c1-25-36-21-32(44(36,3)4)22-37(25)46-43(52)40-39(26(2)50)38(24-49)54-48(40)23-29-13-10-14-35(41(29)53-7)30-17-31(20-34(19-30)47(5)6)42(51)45-33-16-15-27-11-8-9-12-28(27)18-33/h8-20,25-26,32,36-40,49-50H,21-24H2,1-7H3,(H,45,51)(H,46,52)/t25-,26-,32+,36-,37-,38-,39-,40-/m0/s1. The van der Waals surface area contributed by atoms with Crippen molar-refractivity contribution in [1.29, 1.82) is 0 Å². The molecule has 0 radical (unpaired) electrons. The quantitative estimate of drug-likeness (QED) is 0.138. The number of anilines is 2. The van der Waals surface area contributed by atoms with Gasteiger partial charge in [0.1, 0.15) is 17.9 Å². The van der Waals surface area contributed by atoms with Crippen LogP contribution in [0.4, 0.5) is 11.4 Å². The zero-order valence-corrected chi connectivity index (χ0v) is 32.4. The summed E-state index contributed by atoms with van der Waals surface area (Å²) in [6.45, 7) is 8.37. The van der Waals surface area contributed by atoms with Gasteiger partial charge in [0.2, 0.25) is 5.91 Å². The van der Waals surface area contributed by atoms with E-state index < -0.39 is 24.2 Å². The van der Waals surface area contributed by atoms with Crippen LogP contribution in [0, 0.1) is 29.1 Å². The molecule has 286 valence electrons. The van der Waals surface area contributed by atoms with E-state index in [1.807, 2.05) is 97.9 Å². The first-order chi connectivity index (χ1) is 25.8. The van der Waals surface area contributed by atoms with Crippen molar-refractivity contribution in [2.75, 3.05) is 38.0 Å². The fraction of sp³-hybridized carbons (Fsp3) is 0.455. The van der Waals surface area contributed by atoms with Crippen LogP contribution in [0.25, 0.3) is 21.9 Å². The second-order valence-corrected chi connectivity index (χ2v) is 16.4. The highest BCUT2D eigenvalue weighted by Crippen LogP contribution is 2.61. The topological polar surface area (TPSA) is 124 Å². The molecule has 4 aromatic rings. The number of aliphatic hydroxyl groups is 2. The molecule has 3 aliphatic carbocycles. The van der Waals surface area contributed by atoms with Gasteiger partial charge in [-0.1, -0.05) is 69.3 Å². The van der Waals surface area contributed by atoms with Crippen molar-refractivity contribution in [2.45, 2.75) is 71.4 Å². The third-order valence-electron chi connectivity index (χ3n) is 12.7. The molecule has 1 saturated heterocycles. The van der Waals surface area contributed by atoms with Gasteiger partial charge in [0, 0.05) is 54.1 Å². The molecular weight excluding hydrogens is 681 g/mol. The van der Waals surface area contributed by atoms with Crippen molar-refractivity contribution in [3.05, 3.63) is 90.0 Å². The molecule has 2 bridgehead atoms. The zero-order chi connectivity index (χ0) is 38.5. The molecule has 2 amide bonds. The molecule has 4 aliphatic rings. The lowest BCUT2D eigenvalue weighted by atomic mass is 9.45. The Morgan fingerprint density at radius 2 is 1.78 bits per heavy atom. The summed E-state index contributed by atoms with van der Waals surface area (Å²) in [5.74, 6) is 0.939. The minimum absolute atomic E-state index is 0.0356. The SMILES string of the molecule is COc1c(CN2O[C@@H](CO)[C@H]([C@H](C)O)[C@H]2C(=O)N[C@H]2C[C@H]3C[C@@H]([C@@H]2C)C3(C)C)cccc1-c1cc(C(=O)Nc2ccc3ccccc3c2)cc(N(C)C)c1. The Balaban J connectivity index is 1.17. The fourth-order valence-corrected chi connectivity index (χ4v) is 9.46. The summed E-state index contributed by atoms with van der Waals surface area (Å²) in [5.41, 5.74) is 4.61. The molecule has 4 N–H and O–H groups in total. The zero-order valence-electron chi connectivity index (χ0n) is 32.4. The Bertz CT molecular complexity index is 2030. The van der Waals surface area contributed by atoms with Crippen molar-refractivity contribution in [3.8, 4) is 16.9 Å². The van der Waals surface area contributed by atoms with Gasteiger partial charge in [0.25, 0.3) is 5.91 Å². The monoisotopic (exact) mass is 734 g/mol. The lowest BCUT2D eigenvalue weighted by molar-refractivity contribution is -0.183. The van der Waals surface area contributed by atoms with Gasteiger partial charge >= 0.3 is 0 Å². The molecular formula is C44H54N4O6. The predicted molar refractivity (Wildman–Crippen MR) is 212 cm³/mol. The second kappa shape index (κ2) is 15.0. The lowest BCUT2D eigenvalue weighted by Crippen LogP contribution is -2.62. The average molecular weight is 735 g/mol. The maximum atomic E-state index is 14.3. The highest BCUT2D eigenvalue weighted by molar-refractivity contribution is 6.06. The van der Waals surface area contributed by atoms with Gasteiger partial charge in [0.05, 0.1) is 26.4 Å². The molecule has 3 saturated carbocycles. The van der Waals surface area contributed by atoms with E-state index in [4.69, 9.17) is 9.57 Å². The van der Waals surface area contributed by atoms with Gasteiger partial charge in [-0.05, 0) is 89.6 Å². The smallest absolute Gasteiger partial charge is 0.255 e. The molecule has 0 unspecified atom stereocenters. The Kier molecular flexibility index (Phi) is 10.5. The van der Waals surface area contributed by atoms with Gasteiger partial charge in [-0.2, -0.15) is 5.06 Å². The van der Waals surface area contributed by atoms with Crippen LogP contribution in [0.1, 0.15) is 56.5 Å². The van der Waals surface area contributed by atoms with Crippen LogP contribution in [0.2, 0.25) is 0 Å². The number of fused-ring (bicyclic) bond motifs is 3. The molecule has 1 aliphatic heterocycles. The summed E-state index contributed by atoms with van der Waals surface area (Å²) < 4.78 is 6.08. The van der Waals surface area contributed by atoms with E-state index in [9.17, 15) is 19.8 Å². The van der Waals surface area contributed by atoms with Crippen LogP contribution >= 0.6 is 0 Å². The fourth-order valence-electron chi connectivity index (χ4n) is 9.46. The molecule has 4 aromatic carbocycles. The number of amides is 2. The molecule has 10 heteroatoms. The lowest BCUT2D eigenvalue weighted by Gasteiger charge is -2.62. The average Bonchev–Trinajstić information content (AvgIpc) is 3.53. The van der Waals surface area contributed by atoms with Gasteiger partial charge in [-0.25, -0.2) is 0 Å². The third-order valence-corrected chi connectivity index (χ3v) is 12.7. The molecule has 1 heterocycles. The highest BCUT2D eigenvalue weighted by atomic mass is 16.7. The Morgan fingerprint density at radius 1 is 1.02 bits per heavy atom. The highest BCUT2D eigenvalue weighted by Gasteiger charge is 2.57. The van der Waals surface area contributed by atoms with Crippen LogP contribution in [0.5, 0.6) is 5.75 Å². The van der Waals surface area contributed by atoms with E-state index >= 15 is 0 Å². The molecule has 4 fully saturated rings. The molecule has 8 atom stereocenters. The van der Waals surface area contributed by atoms with Crippen molar-refractivity contribution in [1.82, 2.24) is 10.4 Å². The number of carbonyl (C=O) groups is 2. The predicted octanol–water partition coefficient (Wildman–Crippen LogP) is 6.49. The number of benzene rings is 4. The first-order valence-corrected chi connectivity index (χ1v) is 19.1. The van der Waals surface area contributed by atoms with Crippen molar-refractivity contribution in [2.24, 2.45) is 29.1 Å². The summed E-state index contributed by atoms with van der Waals surface area (Å²) in [6.07, 6.45) is 0.468. The normalized spacial score (nSPS) is 26.5. The summed E-state index contributed by atoms with van der Waals surface area (Å²) >= 11 is 0. The number of nitrogens with one attached hydrogen (secondary N) is 2. The van der Waals surface area contributed by atoms with Crippen molar-refractivity contribution < 1.29 is 29.4 Å². The summed E-state index contributed by atoms with van der Waals surface area (Å²) in [7, 11) is 5.47. The molecule has 10 nitrogen and oxygen atoms in total. The molecule has 54 heavy (non-hydrogen) atoms. The van der Waals surface area contributed by atoms with Crippen LogP contribution < -0.4 is 20.3 Å². The summed E-state index contributed by atoms with van der Waals surface area (Å²) in [6, 6.07) is 24.6. The van der Waals surface area contributed by atoms with Crippen molar-refractivity contribution >= 4 is 34.0 Å². The van der Waals surface area contributed by atoms with Gasteiger partial charge in [-0.3, -0.25) is 14.4 Å². The first kappa shape index (κ1) is 37.8. The van der Waals surface area contributed by atoms with E-state index in [0.717, 1.165) is 39.6 Å². The van der Waals surface area contributed by atoms with Crippen LogP contribution in [-0.2, 0) is 16.2 Å². The van der Waals surface area contributed by atoms with Gasteiger partial charge in [-0.15, -0.1) is 0 Å². The maximum Gasteiger partial charge on any atom is 0.255 e. The second-order valence-electron chi connectivity index (χ2n) is 16.4. The Morgan fingerprint density at radius 3 is 2.44 bits per heavy atom.